The molecule has 1 N–H and O–H groups in total. The standard InChI is InChI=1S/C23H18O5/c24-22(15-10-11-18-19(12-15)27-13-26-18)21-20(14-6-2-1-3-7-14)16-8-4-5-9-17(16)28-23(21)25/h1-12,20-22,24H,13H2/t20-,21?,22?/m0/s1. The number of carbonyl (C=O) groups is 1. The number of benzene rings is 3. The second kappa shape index (κ2) is 6.69. The fourth-order valence-electron chi connectivity index (χ4n) is 4.00. The van der Waals surface area contributed by atoms with Crippen LogP contribution in [0.3, 0.4) is 0 Å². The highest BCUT2D eigenvalue weighted by Gasteiger charge is 2.43. The zero-order chi connectivity index (χ0) is 19.1. The number of aliphatic hydroxyl groups excluding tert-OH is 1. The Morgan fingerprint density at radius 1 is 0.857 bits per heavy atom. The molecular formula is C23H18O5. The van der Waals surface area contributed by atoms with Gasteiger partial charge in [0.05, 0.1) is 12.0 Å². The van der Waals surface area contributed by atoms with Crippen molar-refractivity contribution in [2.45, 2.75) is 12.0 Å². The maximum absolute atomic E-state index is 13.0. The van der Waals surface area contributed by atoms with Crippen LogP contribution in [0, 0.1) is 5.92 Å². The van der Waals surface area contributed by atoms with Crippen molar-refractivity contribution in [2.75, 3.05) is 6.79 Å². The molecule has 0 radical (unpaired) electrons. The minimum atomic E-state index is -1.06. The topological polar surface area (TPSA) is 65.0 Å². The van der Waals surface area contributed by atoms with Gasteiger partial charge in [-0.05, 0) is 29.3 Å². The van der Waals surface area contributed by atoms with E-state index in [2.05, 4.69) is 0 Å². The minimum absolute atomic E-state index is 0.153. The van der Waals surface area contributed by atoms with E-state index in [0.717, 1.165) is 11.1 Å². The largest absolute Gasteiger partial charge is 0.454 e. The summed E-state index contributed by atoms with van der Waals surface area (Å²) in [7, 11) is 0. The monoisotopic (exact) mass is 374 g/mol. The van der Waals surface area contributed by atoms with E-state index in [0.29, 0.717) is 22.8 Å². The minimum Gasteiger partial charge on any atom is -0.454 e. The Bertz CT molecular complexity index is 1030. The van der Waals surface area contributed by atoms with E-state index < -0.39 is 18.0 Å². The van der Waals surface area contributed by atoms with Gasteiger partial charge in [0.2, 0.25) is 6.79 Å². The Kier molecular flexibility index (Phi) is 4.02. The summed E-state index contributed by atoms with van der Waals surface area (Å²) < 4.78 is 16.3. The molecule has 3 atom stereocenters. The first-order valence-electron chi connectivity index (χ1n) is 9.15. The van der Waals surface area contributed by atoms with Crippen LogP contribution in [-0.2, 0) is 4.79 Å². The molecule has 2 aliphatic rings. The zero-order valence-corrected chi connectivity index (χ0v) is 14.9. The van der Waals surface area contributed by atoms with E-state index in [9.17, 15) is 9.90 Å². The van der Waals surface area contributed by atoms with Crippen LogP contribution in [0.25, 0.3) is 0 Å². The predicted molar refractivity (Wildman–Crippen MR) is 101 cm³/mol. The van der Waals surface area contributed by atoms with Gasteiger partial charge in [-0.1, -0.05) is 54.6 Å². The summed E-state index contributed by atoms with van der Waals surface area (Å²) in [5.74, 6) is 0.189. The van der Waals surface area contributed by atoms with Gasteiger partial charge in [-0.15, -0.1) is 0 Å². The van der Waals surface area contributed by atoms with Crippen LogP contribution in [0.2, 0.25) is 0 Å². The van der Waals surface area contributed by atoms with Gasteiger partial charge in [-0.2, -0.15) is 0 Å². The van der Waals surface area contributed by atoms with Crippen LogP contribution in [-0.4, -0.2) is 17.9 Å². The summed E-state index contributed by atoms with van der Waals surface area (Å²) in [5.41, 5.74) is 2.43. The Hall–Kier alpha value is -3.31. The third-order valence-corrected chi connectivity index (χ3v) is 5.33. The van der Waals surface area contributed by atoms with E-state index >= 15 is 0 Å². The SMILES string of the molecule is O=C1Oc2ccccc2[C@H](c2ccccc2)C1C(O)c1ccc2c(c1)OCO2. The first-order valence-corrected chi connectivity index (χ1v) is 9.15. The molecule has 0 aliphatic carbocycles. The molecule has 0 bridgehead atoms. The lowest BCUT2D eigenvalue weighted by Gasteiger charge is -2.35. The van der Waals surface area contributed by atoms with Crippen molar-refractivity contribution in [2.24, 2.45) is 5.92 Å². The second-order valence-corrected chi connectivity index (χ2v) is 6.93. The molecule has 2 unspecified atom stereocenters. The number of ether oxygens (including phenoxy) is 3. The van der Waals surface area contributed by atoms with Crippen molar-refractivity contribution in [3.05, 3.63) is 89.5 Å². The lowest BCUT2D eigenvalue weighted by molar-refractivity contribution is -0.145. The number of rotatable bonds is 3. The molecule has 0 spiro atoms. The zero-order valence-electron chi connectivity index (χ0n) is 14.9. The van der Waals surface area contributed by atoms with Gasteiger partial charge in [-0.3, -0.25) is 4.79 Å². The number of hydrogen-bond acceptors (Lipinski definition) is 5. The molecule has 0 saturated heterocycles. The summed E-state index contributed by atoms with van der Waals surface area (Å²) in [6.45, 7) is 0.153. The highest BCUT2D eigenvalue weighted by molar-refractivity contribution is 5.81. The van der Waals surface area contributed by atoms with Crippen LogP contribution in [0.4, 0.5) is 0 Å². The lowest BCUT2D eigenvalue weighted by Crippen LogP contribution is -2.36. The van der Waals surface area contributed by atoms with Crippen LogP contribution in [0.15, 0.2) is 72.8 Å². The maximum atomic E-state index is 13.0. The molecule has 3 aromatic carbocycles. The molecule has 2 aliphatic heterocycles. The quantitative estimate of drug-likeness (QED) is 0.558. The van der Waals surface area contributed by atoms with Gasteiger partial charge >= 0.3 is 5.97 Å². The molecular weight excluding hydrogens is 356 g/mol. The predicted octanol–water partition coefficient (Wildman–Crippen LogP) is 3.82. The first kappa shape index (κ1) is 16.8. The van der Waals surface area contributed by atoms with Gasteiger partial charge in [0.1, 0.15) is 5.75 Å². The molecule has 28 heavy (non-hydrogen) atoms. The smallest absolute Gasteiger partial charge is 0.318 e. The Morgan fingerprint density at radius 2 is 1.61 bits per heavy atom. The summed E-state index contributed by atoms with van der Waals surface area (Å²) in [6, 6.07) is 22.5. The Balaban J connectivity index is 1.61. The lowest BCUT2D eigenvalue weighted by atomic mass is 9.74. The van der Waals surface area contributed by atoms with E-state index in [4.69, 9.17) is 14.2 Å². The third kappa shape index (κ3) is 2.72. The summed E-state index contributed by atoms with van der Waals surface area (Å²) in [4.78, 5) is 13.0. The van der Waals surface area contributed by atoms with Crippen molar-refractivity contribution in [3.8, 4) is 17.2 Å². The molecule has 2 heterocycles. The normalized spacial score (nSPS) is 21.0. The highest BCUT2D eigenvalue weighted by atomic mass is 16.7. The molecule has 140 valence electrons. The average molecular weight is 374 g/mol. The number of para-hydroxylation sites is 1. The molecule has 3 aromatic rings. The molecule has 0 amide bonds. The van der Waals surface area contributed by atoms with E-state index in [1.807, 2.05) is 48.5 Å². The van der Waals surface area contributed by atoms with Gasteiger partial charge in [0.15, 0.2) is 11.5 Å². The summed E-state index contributed by atoms with van der Waals surface area (Å²) in [6.07, 6.45) is -1.06. The van der Waals surface area contributed by atoms with E-state index in [1.54, 1.807) is 24.3 Å². The number of esters is 1. The molecule has 0 aromatic heterocycles. The van der Waals surface area contributed by atoms with E-state index in [1.165, 1.54) is 0 Å². The van der Waals surface area contributed by atoms with Crippen molar-refractivity contribution in [1.82, 2.24) is 0 Å². The van der Waals surface area contributed by atoms with Crippen molar-refractivity contribution >= 4 is 5.97 Å². The van der Waals surface area contributed by atoms with Gasteiger partial charge in [-0.25, -0.2) is 0 Å². The van der Waals surface area contributed by atoms with Crippen LogP contribution >= 0.6 is 0 Å². The Morgan fingerprint density at radius 3 is 2.46 bits per heavy atom. The van der Waals surface area contributed by atoms with Crippen molar-refractivity contribution in [1.29, 1.82) is 0 Å². The van der Waals surface area contributed by atoms with Crippen molar-refractivity contribution < 1.29 is 24.1 Å². The van der Waals surface area contributed by atoms with E-state index in [-0.39, 0.29) is 12.7 Å². The first-order chi connectivity index (χ1) is 13.7. The maximum Gasteiger partial charge on any atom is 0.318 e. The van der Waals surface area contributed by atoms with Gasteiger partial charge in [0.25, 0.3) is 0 Å². The molecule has 5 heteroatoms. The van der Waals surface area contributed by atoms with Gasteiger partial charge in [0, 0.05) is 11.5 Å². The highest BCUT2D eigenvalue weighted by Crippen LogP contribution is 2.47. The summed E-state index contributed by atoms with van der Waals surface area (Å²) >= 11 is 0. The molecule has 0 fully saturated rings. The molecule has 5 nitrogen and oxygen atoms in total. The van der Waals surface area contributed by atoms with Gasteiger partial charge < -0.3 is 19.3 Å². The van der Waals surface area contributed by atoms with Crippen LogP contribution in [0.5, 0.6) is 17.2 Å². The fraction of sp³-hybridized carbons (Fsp3) is 0.174. The number of aliphatic hydroxyl groups is 1. The third-order valence-electron chi connectivity index (χ3n) is 5.33. The second-order valence-electron chi connectivity index (χ2n) is 6.93. The average Bonchev–Trinajstić information content (AvgIpc) is 3.21. The molecule has 0 saturated carbocycles. The Labute approximate surface area is 162 Å². The fourth-order valence-corrected chi connectivity index (χ4v) is 4.00. The summed E-state index contributed by atoms with van der Waals surface area (Å²) in [5, 5.41) is 11.2. The number of fused-ring (bicyclic) bond motifs is 2. The van der Waals surface area contributed by atoms with Crippen LogP contribution in [0.1, 0.15) is 28.7 Å². The molecule has 5 rings (SSSR count). The van der Waals surface area contributed by atoms with Crippen molar-refractivity contribution in [3.63, 3.8) is 0 Å². The van der Waals surface area contributed by atoms with Crippen LogP contribution < -0.4 is 14.2 Å². The number of hydrogen-bond donors (Lipinski definition) is 1. The number of carbonyl (C=O) groups excluding carboxylic acids is 1.